The molecule has 0 radical (unpaired) electrons. The minimum atomic E-state index is -3.22. The summed E-state index contributed by atoms with van der Waals surface area (Å²) in [6.45, 7) is 7.11. The molecule has 2 saturated carbocycles. The number of aryl methyl sites for hydroxylation is 1. The first-order valence-electron chi connectivity index (χ1n) is 9.58. The largest absolute Gasteiger partial charge is 0.256 e. The van der Waals surface area contributed by atoms with Gasteiger partial charge < -0.3 is 0 Å². The molecule has 3 atom stereocenters. The number of rotatable bonds is 2. The van der Waals surface area contributed by atoms with Gasteiger partial charge in [-0.1, -0.05) is 25.5 Å². The number of fused-ring (bicyclic) bond motifs is 2. The van der Waals surface area contributed by atoms with Gasteiger partial charge >= 0.3 is 0 Å². The summed E-state index contributed by atoms with van der Waals surface area (Å²) in [5.41, 5.74) is 3.21. The van der Waals surface area contributed by atoms with E-state index in [2.05, 4.69) is 44.0 Å². The molecule has 4 nitrogen and oxygen atoms in total. The summed E-state index contributed by atoms with van der Waals surface area (Å²) in [5, 5.41) is 1.09. The van der Waals surface area contributed by atoms with E-state index in [9.17, 15) is 8.42 Å². The first kappa shape index (κ1) is 16.7. The van der Waals surface area contributed by atoms with Crippen molar-refractivity contribution in [2.75, 3.05) is 5.75 Å². The highest BCUT2D eigenvalue weighted by Crippen LogP contribution is 2.70. The quantitative estimate of drug-likeness (QED) is 0.806. The lowest BCUT2D eigenvalue weighted by Gasteiger charge is -2.37. The van der Waals surface area contributed by atoms with Crippen LogP contribution in [0.4, 0.5) is 0 Å². The third kappa shape index (κ3) is 2.04. The highest BCUT2D eigenvalue weighted by Gasteiger charge is 2.71. The van der Waals surface area contributed by atoms with Gasteiger partial charge in [-0.2, -0.15) is 4.31 Å². The maximum atomic E-state index is 13.1. The van der Waals surface area contributed by atoms with Crippen molar-refractivity contribution in [3.63, 3.8) is 0 Å². The highest BCUT2D eigenvalue weighted by atomic mass is 32.2. The fourth-order valence-electron chi connectivity index (χ4n) is 6.15. The van der Waals surface area contributed by atoms with E-state index in [4.69, 9.17) is 0 Å². The van der Waals surface area contributed by atoms with Crippen molar-refractivity contribution in [2.24, 2.45) is 16.7 Å². The molecule has 1 saturated heterocycles. The van der Waals surface area contributed by atoms with Gasteiger partial charge in [-0.05, 0) is 61.3 Å². The third-order valence-electron chi connectivity index (χ3n) is 7.77. The van der Waals surface area contributed by atoms with E-state index in [0.717, 1.165) is 29.3 Å². The Morgan fingerprint density at radius 2 is 2.08 bits per heavy atom. The zero-order chi connectivity index (χ0) is 18.3. The van der Waals surface area contributed by atoms with Crippen LogP contribution in [-0.4, -0.2) is 29.5 Å². The molecule has 26 heavy (non-hydrogen) atoms. The molecule has 1 unspecified atom stereocenters. The summed E-state index contributed by atoms with van der Waals surface area (Å²) >= 11 is 0. The van der Waals surface area contributed by atoms with Gasteiger partial charge in [0.1, 0.15) is 0 Å². The van der Waals surface area contributed by atoms with Crippen molar-refractivity contribution < 1.29 is 8.42 Å². The Hall–Kier alpha value is -1.46. The Morgan fingerprint density at radius 3 is 2.85 bits per heavy atom. The van der Waals surface area contributed by atoms with Gasteiger partial charge in [-0.25, -0.2) is 8.42 Å². The summed E-state index contributed by atoms with van der Waals surface area (Å²) < 4.78 is 28.0. The van der Waals surface area contributed by atoms with Gasteiger partial charge in [0.15, 0.2) is 0 Å². The van der Waals surface area contributed by atoms with Gasteiger partial charge in [0.05, 0.1) is 11.3 Å². The Morgan fingerprint density at radius 1 is 1.27 bits per heavy atom. The second-order valence-electron chi connectivity index (χ2n) is 9.21. The molecule has 1 aromatic heterocycles. The van der Waals surface area contributed by atoms with E-state index in [1.54, 1.807) is 0 Å². The van der Waals surface area contributed by atoms with E-state index in [-0.39, 0.29) is 16.9 Å². The van der Waals surface area contributed by atoms with Crippen LogP contribution in [0.3, 0.4) is 0 Å². The number of pyridine rings is 1. The van der Waals surface area contributed by atoms with Crippen LogP contribution in [0.25, 0.3) is 10.9 Å². The van der Waals surface area contributed by atoms with Crippen LogP contribution in [0, 0.1) is 23.7 Å². The van der Waals surface area contributed by atoms with Crippen LogP contribution in [0.2, 0.25) is 0 Å². The first-order chi connectivity index (χ1) is 12.2. The van der Waals surface area contributed by atoms with Crippen LogP contribution in [0.1, 0.15) is 44.2 Å². The van der Waals surface area contributed by atoms with Crippen molar-refractivity contribution in [3.05, 3.63) is 41.6 Å². The average molecular weight is 371 g/mol. The zero-order valence-corrected chi connectivity index (χ0v) is 16.5. The number of nitrogens with zero attached hydrogens (tertiary/aromatic N) is 2. The van der Waals surface area contributed by atoms with Crippen LogP contribution in [-0.2, 0) is 16.6 Å². The van der Waals surface area contributed by atoms with E-state index < -0.39 is 10.0 Å². The third-order valence-corrected chi connectivity index (χ3v) is 9.74. The Balaban J connectivity index is 1.53. The highest BCUT2D eigenvalue weighted by molar-refractivity contribution is 7.89. The van der Waals surface area contributed by atoms with Crippen molar-refractivity contribution in [3.8, 4) is 0 Å². The Kier molecular flexibility index (Phi) is 3.26. The van der Waals surface area contributed by atoms with Crippen LogP contribution in [0.5, 0.6) is 0 Å². The second kappa shape index (κ2) is 5.08. The average Bonchev–Trinajstić information content (AvgIpc) is 3.04. The monoisotopic (exact) mass is 370 g/mol. The first-order valence-corrected chi connectivity index (χ1v) is 11.2. The minimum absolute atomic E-state index is 0.0582. The molecule has 2 aliphatic carbocycles. The van der Waals surface area contributed by atoms with Gasteiger partial charge in [0.2, 0.25) is 10.0 Å². The number of aromatic nitrogens is 1. The van der Waals surface area contributed by atoms with Crippen LogP contribution in [0.15, 0.2) is 30.5 Å². The Bertz CT molecular complexity index is 1010. The van der Waals surface area contributed by atoms with Crippen molar-refractivity contribution in [1.82, 2.24) is 9.29 Å². The fourth-order valence-corrected chi connectivity index (χ4v) is 8.69. The normalized spacial score (nSPS) is 34.4. The lowest BCUT2D eigenvalue weighted by atomic mass is 9.69. The van der Waals surface area contributed by atoms with Gasteiger partial charge in [-0.3, -0.25) is 4.98 Å². The molecule has 2 bridgehead atoms. The molecule has 138 valence electrons. The molecule has 1 aliphatic heterocycles. The van der Waals surface area contributed by atoms with E-state index in [1.807, 2.05) is 16.6 Å². The molecule has 0 amide bonds. The fraction of sp³-hybridized carbons (Fsp3) is 0.571. The number of hydrogen-bond acceptors (Lipinski definition) is 3. The number of benzene rings is 1. The van der Waals surface area contributed by atoms with Crippen molar-refractivity contribution >= 4 is 20.9 Å². The van der Waals surface area contributed by atoms with Crippen molar-refractivity contribution in [2.45, 2.75) is 52.6 Å². The predicted octanol–water partition coefficient (Wildman–Crippen LogP) is 3.88. The molecule has 3 fully saturated rings. The standard InChI is InChI=1S/C21H26N2O2S/c1-14-4-5-18-16(8-14)9-15(11-22-18)12-23-19-10-17-6-7-21(19,20(17,2)3)13-26(23,24)25/h4-5,8-9,11,17,19H,6-7,10,12-13H2,1-3H3/t17-,19-,21?/m1/s1. The van der Waals surface area contributed by atoms with E-state index in [1.165, 1.54) is 12.0 Å². The number of hydrogen-bond donors (Lipinski definition) is 0. The molecular weight excluding hydrogens is 344 g/mol. The smallest absolute Gasteiger partial charge is 0.215 e. The maximum Gasteiger partial charge on any atom is 0.215 e. The van der Waals surface area contributed by atoms with Gasteiger partial charge in [0, 0.05) is 29.6 Å². The molecule has 2 aromatic rings. The number of sulfonamides is 1. The molecule has 3 aliphatic rings. The van der Waals surface area contributed by atoms with Crippen molar-refractivity contribution in [1.29, 1.82) is 0 Å². The summed E-state index contributed by atoms with van der Waals surface area (Å²) in [4.78, 5) is 4.55. The lowest BCUT2D eigenvalue weighted by molar-refractivity contribution is 0.112. The minimum Gasteiger partial charge on any atom is -0.256 e. The summed E-state index contributed by atoms with van der Waals surface area (Å²) in [7, 11) is -3.22. The maximum absolute atomic E-state index is 13.1. The molecule has 1 aromatic carbocycles. The summed E-state index contributed by atoms with van der Waals surface area (Å²) in [5.74, 6) is 0.983. The van der Waals surface area contributed by atoms with E-state index in [0.29, 0.717) is 18.2 Å². The lowest BCUT2D eigenvalue weighted by Crippen LogP contribution is -2.41. The second-order valence-corrected chi connectivity index (χ2v) is 11.1. The van der Waals surface area contributed by atoms with Crippen LogP contribution < -0.4 is 0 Å². The predicted molar refractivity (Wildman–Crippen MR) is 103 cm³/mol. The topological polar surface area (TPSA) is 50.3 Å². The van der Waals surface area contributed by atoms with Gasteiger partial charge in [0.25, 0.3) is 0 Å². The summed E-state index contributed by atoms with van der Waals surface area (Å²) in [6.07, 6.45) is 5.10. The molecule has 5 rings (SSSR count). The zero-order valence-electron chi connectivity index (χ0n) is 15.7. The molecule has 1 spiro atoms. The SMILES string of the molecule is Cc1ccc2ncc(CN3[C@@H]4C[C@H]5CCC4(CS3(=O)=O)C5(C)C)cc2c1. The van der Waals surface area contributed by atoms with Crippen LogP contribution >= 0.6 is 0 Å². The molecule has 2 heterocycles. The molecule has 0 N–H and O–H groups in total. The molecular formula is C21H26N2O2S. The molecule has 5 heteroatoms. The van der Waals surface area contributed by atoms with E-state index >= 15 is 0 Å². The Labute approximate surface area is 155 Å². The van der Waals surface area contributed by atoms with Gasteiger partial charge in [-0.15, -0.1) is 0 Å². The summed E-state index contributed by atoms with van der Waals surface area (Å²) in [6, 6.07) is 8.46.